The van der Waals surface area contributed by atoms with Crippen LogP contribution in [-0.4, -0.2) is 79.6 Å². The van der Waals surface area contributed by atoms with Crippen LogP contribution in [0.15, 0.2) is 48.6 Å². The Morgan fingerprint density at radius 3 is 2.03 bits per heavy atom. The van der Waals surface area contributed by atoms with Crippen LogP contribution >= 0.6 is 0 Å². The normalized spacial score (nSPS) is 23.3. The lowest BCUT2D eigenvalue weighted by molar-refractivity contribution is -0.204. The maximum absolute atomic E-state index is 12.5. The van der Waals surface area contributed by atoms with E-state index in [0.29, 0.717) is 11.1 Å². The highest BCUT2D eigenvalue weighted by molar-refractivity contribution is 5.88. The van der Waals surface area contributed by atoms with Crippen LogP contribution in [0, 0.1) is 0 Å². The molecule has 202 valence electrons. The Hall–Kier alpha value is -4.55. The molecule has 2 aromatic carbocycles. The number of aliphatic carboxylic acids is 1. The maximum Gasteiger partial charge on any atom is 0.335 e. The van der Waals surface area contributed by atoms with Crippen molar-refractivity contribution in [2.24, 2.45) is 0 Å². The average molecular weight is 530 g/mol. The number of carboxylic acids is 1. The number of hydrogen-bond donors (Lipinski definition) is 6. The number of aromatic hydroxyl groups is 3. The number of benzene rings is 2. The van der Waals surface area contributed by atoms with Crippen molar-refractivity contribution in [3.8, 4) is 23.0 Å². The van der Waals surface area contributed by atoms with Crippen LogP contribution in [0.5, 0.6) is 23.0 Å². The van der Waals surface area contributed by atoms with Crippen LogP contribution < -0.4 is 4.74 Å². The molecule has 12 heteroatoms. The number of rotatable bonds is 8. The lowest BCUT2D eigenvalue weighted by Crippen LogP contribution is -2.58. The minimum Gasteiger partial charge on any atom is -0.504 e. The zero-order chi connectivity index (χ0) is 28.0. The third kappa shape index (κ3) is 6.81. The van der Waals surface area contributed by atoms with E-state index < -0.39 is 60.4 Å². The molecule has 0 saturated heterocycles. The van der Waals surface area contributed by atoms with Gasteiger partial charge in [0.2, 0.25) is 0 Å². The lowest BCUT2D eigenvalue weighted by Gasteiger charge is -2.40. The number of carbonyl (C=O) groups excluding carboxylic acids is 2. The molecule has 2 aromatic rings. The number of phenolic OH excluding ortho intramolecular Hbond substituents is 3. The van der Waals surface area contributed by atoms with E-state index in [0.717, 1.165) is 12.2 Å². The van der Waals surface area contributed by atoms with Crippen molar-refractivity contribution in [3.63, 3.8) is 0 Å². The van der Waals surface area contributed by atoms with Crippen molar-refractivity contribution >= 4 is 30.1 Å². The number of carbonyl (C=O) groups is 3. The minimum atomic E-state index is -2.45. The number of hydrogen-bond acceptors (Lipinski definition) is 11. The number of ether oxygens (including phenoxy) is 3. The number of carboxylic acid groups (broad SMARTS) is 1. The van der Waals surface area contributed by atoms with Gasteiger partial charge < -0.3 is 44.8 Å². The Kier molecular flexibility index (Phi) is 8.61. The summed E-state index contributed by atoms with van der Waals surface area (Å²) < 4.78 is 15.5. The molecule has 1 aliphatic rings. The van der Waals surface area contributed by atoms with Gasteiger partial charge in [0, 0.05) is 25.0 Å². The topological polar surface area (TPSA) is 200 Å². The second-order valence-electron chi connectivity index (χ2n) is 8.54. The van der Waals surface area contributed by atoms with E-state index in [-0.39, 0.29) is 17.2 Å². The summed E-state index contributed by atoms with van der Waals surface area (Å²) in [6, 6.07) is 8.06. The zero-order valence-electron chi connectivity index (χ0n) is 20.1. The van der Waals surface area contributed by atoms with Crippen LogP contribution in [0.3, 0.4) is 0 Å². The fraction of sp³-hybridized carbons (Fsp3) is 0.269. The first-order chi connectivity index (χ1) is 17.9. The van der Waals surface area contributed by atoms with Crippen molar-refractivity contribution in [1.29, 1.82) is 0 Å². The van der Waals surface area contributed by atoms with E-state index in [1.54, 1.807) is 0 Å². The van der Waals surface area contributed by atoms with E-state index >= 15 is 0 Å². The Balaban J connectivity index is 1.75. The summed E-state index contributed by atoms with van der Waals surface area (Å²) in [6.07, 6.45) is -1.56. The fourth-order valence-electron chi connectivity index (χ4n) is 3.81. The number of esters is 2. The van der Waals surface area contributed by atoms with Gasteiger partial charge in [0.25, 0.3) is 0 Å². The number of methoxy groups -OCH3 is 1. The van der Waals surface area contributed by atoms with Gasteiger partial charge in [-0.2, -0.15) is 0 Å². The molecule has 12 nitrogen and oxygen atoms in total. The lowest BCUT2D eigenvalue weighted by atomic mass is 9.79. The van der Waals surface area contributed by atoms with Crippen LogP contribution in [-0.2, 0) is 23.9 Å². The van der Waals surface area contributed by atoms with E-state index in [1.165, 1.54) is 55.7 Å². The van der Waals surface area contributed by atoms with Crippen molar-refractivity contribution in [3.05, 3.63) is 59.7 Å². The highest BCUT2D eigenvalue weighted by atomic mass is 16.6. The molecule has 38 heavy (non-hydrogen) atoms. The number of phenols is 3. The Morgan fingerprint density at radius 1 is 0.868 bits per heavy atom. The molecule has 0 aromatic heterocycles. The molecule has 1 saturated carbocycles. The standard InChI is InChI=1S/C26H26O12/c1-36-20-11-15(3-7-17(20)28)5-9-23(32)38-24-19(30)12-26(35,25(33)34)13-21(24)37-22(31)8-4-14-2-6-16(27)18(29)10-14/h2-11,19,21,24,27-30,35H,12-13H2,1H3,(H,33,34)/b8-4+,9-5+/t19?,21-,24-,26+/m0/s1. The first-order valence-electron chi connectivity index (χ1n) is 11.2. The molecule has 4 atom stereocenters. The van der Waals surface area contributed by atoms with Gasteiger partial charge in [0.05, 0.1) is 13.2 Å². The van der Waals surface area contributed by atoms with Gasteiger partial charge >= 0.3 is 17.9 Å². The smallest absolute Gasteiger partial charge is 0.335 e. The summed E-state index contributed by atoms with van der Waals surface area (Å²) in [5.41, 5.74) is -1.66. The van der Waals surface area contributed by atoms with Gasteiger partial charge in [-0.15, -0.1) is 0 Å². The van der Waals surface area contributed by atoms with Crippen molar-refractivity contribution in [2.75, 3.05) is 7.11 Å². The molecular formula is C26H26O12. The van der Waals surface area contributed by atoms with Gasteiger partial charge in [-0.3, -0.25) is 0 Å². The van der Waals surface area contributed by atoms with E-state index in [4.69, 9.17) is 14.2 Å². The van der Waals surface area contributed by atoms with E-state index in [1.807, 2.05) is 0 Å². The molecule has 6 N–H and O–H groups in total. The first kappa shape index (κ1) is 28.0. The molecule has 0 bridgehead atoms. The summed E-state index contributed by atoms with van der Waals surface area (Å²) in [5.74, 6) is -4.36. The summed E-state index contributed by atoms with van der Waals surface area (Å²) in [7, 11) is 1.35. The Labute approximate surface area is 216 Å². The second-order valence-corrected chi connectivity index (χ2v) is 8.54. The predicted octanol–water partition coefficient (Wildman–Crippen LogP) is 1.33. The monoisotopic (exact) mass is 530 g/mol. The molecule has 0 spiro atoms. The van der Waals surface area contributed by atoms with Crippen molar-refractivity contribution < 1.29 is 59.2 Å². The van der Waals surface area contributed by atoms with E-state index in [9.17, 15) is 45.0 Å². The van der Waals surface area contributed by atoms with Crippen LogP contribution in [0.25, 0.3) is 12.2 Å². The minimum absolute atomic E-state index is 0.107. The van der Waals surface area contributed by atoms with E-state index in [2.05, 4.69) is 0 Å². The highest BCUT2D eigenvalue weighted by Crippen LogP contribution is 2.33. The highest BCUT2D eigenvalue weighted by Gasteiger charge is 2.52. The molecule has 1 unspecified atom stereocenters. The van der Waals surface area contributed by atoms with Gasteiger partial charge in [0.1, 0.15) is 6.10 Å². The van der Waals surface area contributed by atoms with Crippen LogP contribution in [0.2, 0.25) is 0 Å². The zero-order valence-corrected chi connectivity index (χ0v) is 20.1. The largest absolute Gasteiger partial charge is 0.504 e. The third-order valence-corrected chi connectivity index (χ3v) is 5.78. The Bertz CT molecular complexity index is 1270. The summed E-state index contributed by atoms with van der Waals surface area (Å²) in [5, 5.41) is 58.9. The van der Waals surface area contributed by atoms with Crippen molar-refractivity contribution in [1.82, 2.24) is 0 Å². The van der Waals surface area contributed by atoms with Gasteiger partial charge in [0.15, 0.2) is 34.7 Å². The molecule has 3 rings (SSSR count). The first-order valence-corrected chi connectivity index (χ1v) is 11.2. The van der Waals surface area contributed by atoms with Gasteiger partial charge in [-0.1, -0.05) is 12.1 Å². The molecule has 0 radical (unpaired) electrons. The molecular weight excluding hydrogens is 504 g/mol. The summed E-state index contributed by atoms with van der Waals surface area (Å²) in [6.45, 7) is 0. The van der Waals surface area contributed by atoms with Gasteiger partial charge in [-0.05, 0) is 47.5 Å². The SMILES string of the molecule is COc1cc(/C=C/C(=O)O[C@H]2C(O)C[C@](O)(C(=O)O)C[C@@H]2OC(=O)/C=C/c2ccc(O)c(O)c2)ccc1O. The quantitative estimate of drug-likeness (QED) is 0.163. The summed E-state index contributed by atoms with van der Waals surface area (Å²) >= 11 is 0. The molecule has 0 amide bonds. The molecule has 1 fully saturated rings. The van der Waals surface area contributed by atoms with Crippen LogP contribution in [0.1, 0.15) is 24.0 Å². The molecule has 1 aliphatic carbocycles. The van der Waals surface area contributed by atoms with Gasteiger partial charge in [-0.25, -0.2) is 14.4 Å². The van der Waals surface area contributed by atoms with Crippen LogP contribution in [0.4, 0.5) is 0 Å². The maximum atomic E-state index is 12.5. The number of aliphatic hydroxyl groups excluding tert-OH is 1. The molecule has 0 aliphatic heterocycles. The molecule has 0 heterocycles. The second kappa shape index (κ2) is 11.7. The van der Waals surface area contributed by atoms with Crippen molar-refractivity contribution in [2.45, 2.75) is 36.8 Å². The fourth-order valence-corrected chi connectivity index (χ4v) is 3.81. The number of aliphatic hydroxyl groups is 2. The Morgan fingerprint density at radius 2 is 1.45 bits per heavy atom. The predicted molar refractivity (Wildman–Crippen MR) is 130 cm³/mol. The average Bonchev–Trinajstić information content (AvgIpc) is 2.86. The third-order valence-electron chi connectivity index (χ3n) is 5.78. The summed E-state index contributed by atoms with van der Waals surface area (Å²) in [4.78, 5) is 36.5.